The fraction of sp³-hybridized carbons (Fsp3) is 0.115. The van der Waals surface area contributed by atoms with E-state index in [1.54, 1.807) is 56.7 Å². The molecule has 4 aromatic rings. The van der Waals surface area contributed by atoms with Crippen molar-refractivity contribution in [3.63, 3.8) is 0 Å². The van der Waals surface area contributed by atoms with Crippen LogP contribution in [0.1, 0.15) is 5.56 Å². The van der Waals surface area contributed by atoms with Crippen LogP contribution in [0.3, 0.4) is 0 Å². The fourth-order valence-electron chi connectivity index (χ4n) is 3.34. The van der Waals surface area contributed by atoms with Gasteiger partial charge in [0.15, 0.2) is 5.16 Å². The maximum absolute atomic E-state index is 13.3. The molecule has 1 aromatic heterocycles. The van der Waals surface area contributed by atoms with Crippen molar-refractivity contribution in [1.82, 2.24) is 20.4 Å². The largest absolute Gasteiger partial charge is 0.497 e. The maximum Gasteiger partial charge on any atom is 0.266 e. The number of hydrogen-bond donors (Lipinski definition) is 2. The summed E-state index contributed by atoms with van der Waals surface area (Å²) >= 11 is 1.16. The van der Waals surface area contributed by atoms with Gasteiger partial charge in [0.1, 0.15) is 11.5 Å². The van der Waals surface area contributed by atoms with Crippen LogP contribution in [0, 0.1) is 0 Å². The summed E-state index contributed by atoms with van der Waals surface area (Å²) in [5.74, 6) is 1.14. The first-order valence-electron chi connectivity index (χ1n) is 10.7. The third-order valence-electron chi connectivity index (χ3n) is 5.20. The molecule has 0 saturated carbocycles. The van der Waals surface area contributed by atoms with Crippen molar-refractivity contribution in [2.75, 3.05) is 20.0 Å². The highest BCUT2D eigenvalue weighted by molar-refractivity contribution is 7.99. The summed E-state index contributed by atoms with van der Waals surface area (Å²) in [7, 11) is 3.18. The Balaban J connectivity index is 1.51. The number of benzene rings is 3. The van der Waals surface area contributed by atoms with Crippen LogP contribution in [0.5, 0.6) is 11.5 Å². The van der Waals surface area contributed by atoms with Crippen LogP contribution < -0.4 is 25.9 Å². The number of nitrogens with one attached hydrogen (secondary N) is 2. The zero-order valence-electron chi connectivity index (χ0n) is 19.3. The van der Waals surface area contributed by atoms with Gasteiger partial charge >= 0.3 is 0 Å². The summed E-state index contributed by atoms with van der Waals surface area (Å²) in [6, 6.07) is 21.5. The molecule has 9 heteroatoms. The minimum absolute atomic E-state index is 0.0316. The lowest BCUT2D eigenvalue weighted by atomic mass is 10.2. The Hall–Kier alpha value is -4.24. The summed E-state index contributed by atoms with van der Waals surface area (Å²) in [5, 5.41) is 0.901. The Morgan fingerprint density at radius 1 is 0.943 bits per heavy atom. The SMILES string of the molecule is C=C(NNC(=O)CSc1nc2ccccc2c(=O)n1-c1ccc(OC)cc1)c1ccc(OC)cc1. The fourth-order valence-corrected chi connectivity index (χ4v) is 4.16. The number of hydrogen-bond acceptors (Lipinski definition) is 7. The smallest absolute Gasteiger partial charge is 0.266 e. The van der Waals surface area contributed by atoms with Crippen molar-refractivity contribution in [3.05, 3.63) is 95.3 Å². The molecule has 4 rings (SSSR count). The van der Waals surface area contributed by atoms with Gasteiger partial charge in [0.05, 0.1) is 42.3 Å². The van der Waals surface area contributed by atoms with E-state index in [2.05, 4.69) is 22.4 Å². The van der Waals surface area contributed by atoms with Gasteiger partial charge in [-0.15, -0.1) is 0 Å². The summed E-state index contributed by atoms with van der Waals surface area (Å²) < 4.78 is 11.9. The number of amides is 1. The molecule has 2 N–H and O–H groups in total. The predicted molar refractivity (Wildman–Crippen MR) is 138 cm³/mol. The topological polar surface area (TPSA) is 94.5 Å². The lowest BCUT2D eigenvalue weighted by molar-refractivity contribution is -0.119. The molecule has 0 unspecified atom stereocenters. The Kier molecular flexibility index (Phi) is 7.37. The Labute approximate surface area is 206 Å². The molecule has 1 amide bonds. The van der Waals surface area contributed by atoms with Gasteiger partial charge in [-0.1, -0.05) is 30.5 Å². The van der Waals surface area contributed by atoms with Gasteiger partial charge in [-0.2, -0.15) is 0 Å². The van der Waals surface area contributed by atoms with E-state index in [-0.39, 0.29) is 17.2 Å². The van der Waals surface area contributed by atoms with Gasteiger partial charge < -0.3 is 9.47 Å². The monoisotopic (exact) mass is 488 g/mol. The number of rotatable bonds is 9. The van der Waals surface area contributed by atoms with Crippen LogP contribution in [0.2, 0.25) is 0 Å². The third kappa shape index (κ3) is 5.47. The number of aromatic nitrogens is 2. The first kappa shape index (κ1) is 23.9. The van der Waals surface area contributed by atoms with Crippen LogP contribution in [0.4, 0.5) is 0 Å². The van der Waals surface area contributed by atoms with Crippen molar-refractivity contribution in [1.29, 1.82) is 0 Å². The predicted octanol–water partition coefficient (Wildman–Crippen LogP) is 3.79. The average Bonchev–Trinajstić information content (AvgIpc) is 2.90. The van der Waals surface area contributed by atoms with Gasteiger partial charge in [0.25, 0.3) is 5.56 Å². The first-order chi connectivity index (χ1) is 17.0. The zero-order valence-corrected chi connectivity index (χ0v) is 20.1. The summed E-state index contributed by atoms with van der Waals surface area (Å²) in [5.41, 5.74) is 7.78. The van der Waals surface area contributed by atoms with E-state index in [1.165, 1.54) is 4.57 Å². The number of thioether (sulfide) groups is 1. The molecule has 0 aliphatic carbocycles. The highest BCUT2D eigenvalue weighted by Crippen LogP contribution is 2.23. The molecule has 0 saturated heterocycles. The lowest BCUT2D eigenvalue weighted by Crippen LogP contribution is -2.37. The minimum atomic E-state index is -0.298. The van der Waals surface area contributed by atoms with Gasteiger partial charge in [0, 0.05) is 0 Å². The summed E-state index contributed by atoms with van der Waals surface area (Å²) in [6.45, 7) is 3.94. The van der Waals surface area contributed by atoms with Crippen LogP contribution in [0.15, 0.2) is 89.3 Å². The van der Waals surface area contributed by atoms with Gasteiger partial charge in [-0.3, -0.25) is 25.0 Å². The molecule has 0 atom stereocenters. The quantitative estimate of drug-likeness (QED) is 0.210. The zero-order chi connectivity index (χ0) is 24.8. The second-order valence-corrected chi connectivity index (χ2v) is 8.36. The first-order valence-corrected chi connectivity index (χ1v) is 11.7. The second kappa shape index (κ2) is 10.8. The molecular formula is C26H24N4O4S. The number of carbonyl (C=O) groups is 1. The molecule has 35 heavy (non-hydrogen) atoms. The Morgan fingerprint density at radius 2 is 1.57 bits per heavy atom. The normalized spacial score (nSPS) is 10.6. The van der Waals surface area contributed by atoms with Crippen LogP contribution in [0.25, 0.3) is 22.3 Å². The Bertz CT molecular complexity index is 1420. The van der Waals surface area contributed by atoms with E-state index in [4.69, 9.17) is 9.47 Å². The molecule has 3 aromatic carbocycles. The van der Waals surface area contributed by atoms with Crippen molar-refractivity contribution in [2.24, 2.45) is 0 Å². The van der Waals surface area contributed by atoms with E-state index >= 15 is 0 Å². The standard InChI is InChI=1S/C26H24N4O4S/c1-17(18-8-12-20(33-2)13-9-18)28-29-24(31)16-35-26-27-23-7-5-4-6-22(23)25(32)30(26)19-10-14-21(34-3)15-11-19/h4-15,28H,1,16H2,2-3H3,(H,29,31). The molecule has 8 nitrogen and oxygen atoms in total. The molecule has 0 radical (unpaired) electrons. The van der Waals surface area contributed by atoms with Crippen LogP contribution in [-0.4, -0.2) is 35.4 Å². The minimum Gasteiger partial charge on any atom is -0.497 e. The maximum atomic E-state index is 13.3. The van der Waals surface area contributed by atoms with E-state index in [1.807, 2.05) is 30.3 Å². The van der Waals surface area contributed by atoms with Crippen molar-refractivity contribution in [2.45, 2.75) is 5.16 Å². The number of para-hydroxylation sites is 1. The van der Waals surface area contributed by atoms with Crippen LogP contribution >= 0.6 is 11.8 Å². The van der Waals surface area contributed by atoms with Crippen molar-refractivity contribution in [3.8, 4) is 17.2 Å². The highest BCUT2D eigenvalue weighted by Gasteiger charge is 2.15. The lowest BCUT2D eigenvalue weighted by Gasteiger charge is -2.14. The van der Waals surface area contributed by atoms with Gasteiger partial charge in [-0.05, 0) is 66.2 Å². The molecule has 1 heterocycles. The van der Waals surface area contributed by atoms with E-state index < -0.39 is 0 Å². The molecule has 0 spiro atoms. The molecule has 0 aliphatic heterocycles. The van der Waals surface area contributed by atoms with Crippen molar-refractivity contribution >= 4 is 34.3 Å². The number of carbonyl (C=O) groups excluding carboxylic acids is 1. The number of hydrazine groups is 1. The number of nitrogens with zero attached hydrogens (tertiary/aromatic N) is 2. The number of ether oxygens (including phenoxy) is 2. The highest BCUT2D eigenvalue weighted by atomic mass is 32.2. The van der Waals surface area contributed by atoms with Crippen molar-refractivity contribution < 1.29 is 14.3 Å². The van der Waals surface area contributed by atoms with E-state index in [0.717, 1.165) is 23.1 Å². The van der Waals surface area contributed by atoms with Crippen LogP contribution in [-0.2, 0) is 4.79 Å². The van der Waals surface area contributed by atoms with E-state index in [9.17, 15) is 9.59 Å². The molecule has 0 fully saturated rings. The molecule has 0 bridgehead atoms. The van der Waals surface area contributed by atoms with Gasteiger partial charge in [0.2, 0.25) is 5.91 Å². The third-order valence-corrected chi connectivity index (χ3v) is 6.14. The second-order valence-electron chi connectivity index (χ2n) is 7.42. The number of fused-ring (bicyclic) bond motifs is 1. The summed E-state index contributed by atoms with van der Waals surface area (Å²) in [6.07, 6.45) is 0. The molecule has 178 valence electrons. The number of methoxy groups -OCH3 is 2. The molecular weight excluding hydrogens is 464 g/mol. The Morgan fingerprint density at radius 3 is 2.23 bits per heavy atom. The van der Waals surface area contributed by atoms with Gasteiger partial charge in [-0.25, -0.2) is 4.98 Å². The summed E-state index contributed by atoms with van der Waals surface area (Å²) in [4.78, 5) is 30.5. The molecule has 0 aliphatic rings. The van der Waals surface area contributed by atoms with E-state index in [0.29, 0.717) is 33.2 Å². The average molecular weight is 489 g/mol.